The molecule has 3 aromatic rings. The fourth-order valence-corrected chi connectivity index (χ4v) is 4.47. The van der Waals surface area contributed by atoms with Crippen LogP contribution in [0, 0.1) is 5.82 Å². The summed E-state index contributed by atoms with van der Waals surface area (Å²) in [6.45, 7) is 3.08. The number of cyclic esters (lactones) is 1. The quantitative estimate of drug-likeness (QED) is 0.309. The third-order valence-electron chi connectivity index (χ3n) is 6.36. The number of anilines is 3. The van der Waals surface area contributed by atoms with Crippen LogP contribution in [-0.4, -0.2) is 58.6 Å². The highest BCUT2D eigenvalue weighted by Crippen LogP contribution is 2.36. The van der Waals surface area contributed by atoms with Gasteiger partial charge in [0.15, 0.2) is 0 Å². The molecule has 1 amide bonds. The molecule has 1 aliphatic carbocycles. The average molecular weight is 540 g/mol. The Morgan fingerprint density at radius 1 is 1.29 bits per heavy atom. The number of fused-ring (bicyclic) bond motifs is 1. The van der Waals surface area contributed by atoms with Gasteiger partial charge in [-0.05, 0) is 50.5 Å². The van der Waals surface area contributed by atoms with Crippen molar-refractivity contribution in [1.29, 1.82) is 0 Å². The fourth-order valence-electron chi connectivity index (χ4n) is 4.29. The third kappa shape index (κ3) is 6.20. The highest BCUT2D eigenvalue weighted by molar-refractivity contribution is 6.31. The molecule has 1 aliphatic heterocycles. The van der Waals surface area contributed by atoms with Crippen molar-refractivity contribution in [3.05, 3.63) is 59.7 Å². The highest BCUT2D eigenvalue weighted by Gasteiger charge is 2.23. The number of benzene rings is 2. The molecule has 0 radical (unpaired) electrons. The van der Waals surface area contributed by atoms with Gasteiger partial charge in [0.25, 0.3) is 0 Å². The maximum absolute atomic E-state index is 13.6. The number of carbonyl (C=O) groups is 2. The van der Waals surface area contributed by atoms with Crippen LogP contribution in [0.25, 0.3) is 10.9 Å². The standard InChI is InChI=1S/C27H27ClFN5O4/c1-16-13-34(14-26(36)37-16)9-3-6-25(35)33-23-11-19-22(12-24(23)38-18-4-2-5-18)30-15-31-27(19)32-17-7-8-21(29)20(28)10-17/h3,6-8,10-12,15-16,18H,2,4-5,9,13-14H2,1H3,(H,33,35)(H,30,31,32)/t16-/m1/s1. The Bertz CT molecular complexity index is 1400. The van der Waals surface area contributed by atoms with Crippen molar-refractivity contribution in [3.8, 4) is 5.75 Å². The predicted octanol–water partition coefficient (Wildman–Crippen LogP) is 4.84. The van der Waals surface area contributed by atoms with Gasteiger partial charge in [0, 0.05) is 36.3 Å². The lowest BCUT2D eigenvalue weighted by atomic mass is 9.96. The van der Waals surface area contributed by atoms with Crippen molar-refractivity contribution in [2.24, 2.45) is 0 Å². The number of rotatable bonds is 8. The Morgan fingerprint density at radius 3 is 2.87 bits per heavy atom. The van der Waals surface area contributed by atoms with E-state index in [0.29, 0.717) is 46.9 Å². The largest absolute Gasteiger partial charge is 0.488 e. The van der Waals surface area contributed by atoms with Gasteiger partial charge in [-0.1, -0.05) is 17.7 Å². The SMILES string of the molecule is C[C@@H]1CN(CC=CC(=O)Nc2cc3c(Nc4ccc(F)c(Cl)c4)ncnc3cc2OC2CCC2)CC(=O)O1. The van der Waals surface area contributed by atoms with E-state index in [9.17, 15) is 14.0 Å². The number of nitrogens with one attached hydrogen (secondary N) is 2. The van der Waals surface area contributed by atoms with E-state index in [4.69, 9.17) is 21.1 Å². The van der Waals surface area contributed by atoms with Gasteiger partial charge in [-0.2, -0.15) is 0 Å². The lowest BCUT2D eigenvalue weighted by molar-refractivity contribution is -0.156. The van der Waals surface area contributed by atoms with Crippen LogP contribution in [0.2, 0.25) is 5.02 Å². The van der Waals surface area contributed by atoms with E-state index in [1.165, 1.54) is 24.5 Å². The summed E-state index contributed by atoms with van der Waals surface area (Å²) >= 11 is 5.93. The monoisotopic (exact) mass is 539 g/mol. The predicted molar refractivity (Wildman–Crippen MR) is 142 cm³/mol. The minimum atomic E-state index is -0.518. The number of aromatic nitrogens is 2. The van der Waals surface area contributed by atoms with Crippen molar-refractivity contribution < 1.29 is 23.5 Å². The summed E-state index contributed by atoms with van der Waals surface area (Å²) in [4.78, 5) is 35.1. The van der Waals surface area contributed by atoms with E-state index in [2.05, 4.69) is 20.6 Å². The van der Waals surface area contributed by atoms with Crippen LogP contribution in [0.3, 0.4) is 0 Å². The van der Waals surface area contributed by atoms with Gasteiger partial charge in [-0.15, -0.1) is 0 Å². The zero-order chi connectivity index (χ0) is 26.6. The van der Waals surface area contributed by atoms with Crippen molar-refractivity contribution in [3.63, 3.8) is 0 Å². The number of nitrogens with zero attached hydrogens (tertiary/aromatic N) is 3. The molecular weight excluding hydrogens is 513 g/mol. The van der Waals surface area contributed by atoms with Gasteiger partial charge in [-0.3, -0.25) is 14.5 Å². The Morgan fingerprint density at radius 2 is 2.13 bits per heavy atom. The second-order valence-electron chi connectivity index (χ2n) is 9.40. The van der Waals surface area contributed by atoms with Gasteiger partial charge in [0.1, 0.15) is 29.8 Å². The summed E-state index contributed by atoms with van der Waals surface area (Å²) in [7, 11) is 0. The van der Waals surface area contributed by atoms with Crippen molar-refractivity contribution in [1.82, 2.24) is 14.9 Å². The van der Waals surface area contributed by atoms with E-state index < -0.39 is 5.82 Å². The first-order chi connectivity index (χ1) is 18.3. The highest BCUT2D eigenvalue weighted by atomic mass is 35.5. The van der Waals surface area contributed by atoms with E-state index in [1.807, 2.05) is 11.8 Å². The van der Waals surface area contributed by atoms with E-state index in [0.717, 1.165) is 19.3 Å². The van der Waals surface area contributed by atoms with Crippen molar-refractivity contribution in [2.75, 3.05) is 30.3 Å². The fraction of sp³-hybridized carbons (Fsp3) is 0.333. The molecule has 2 N–H and O–H groups in total. The van der Waals surface area contributed by atoms with Crippen LogP contribution in [0.1, 0.15) is 26.2 Å². The summed E-state index contributed by atoms with van der Waals surface area (Å²) in [6.07, 6.45) is 7.46. The van der Waals surface area contributed by atoms with Crippen LogP contribution in [0.4, 0.5) is 21.6 Å². The molecule has 5 rings (SSSR count). The molecule has 1 saturated heterocycles. The summed E-state index contributed by atoms with van der Waals surface area (Å²) in [5.74, 6) is -0.149. The minimum Gasteiger partial charge on any atom is -0.488 e. The number of esters is 1. The number of morpholine rings is 1. The third-order valence-corrected chi connectivity index (χ3v) is 6.65. The number of halogens is 2. The summed E-state index contributed by atoms with van der Waals surface area (Å²) in [6, 6.07) is 7.82. The van der Waals surface area contributed by atoms with Gasteiger partial charge < -0.3 is 20.1 Å². The maximum atomic E-state index is 13.6. The van der Waals surface area contributed by atoms with Crippen LogP contribution in [-0.2, 0) is 14.3 Å². The summed E-state index contributed by atoms with van der Waals surface area (Å²) in [5, 5.41) is 6.67. The Kier molecular flexibility index (Phi) is 7.71. The molecule has 2 aliphatic rings. The van der Waals surface area contributed by atoms with Crippen LogP contribution >= 0.6 is 11.6 Å². The first-order valence-corrected chi connectivity index (χ1v) is 12.8. The van der Waals surface area contributed by atoms with Gasteiger partial charge in [-0.25, -0.2) is 14.4 Å². The maximum Gasteiger partial charge on any atom is 0.320 e. The number of hydrogen-bond acceptors (Lipinski definition) is 8. The van der Waals surface area contributed by atoms with Crippen molar-refractivity contribution in [2.45, 2.75) is 38.4 Å². The van der Waals surface area contributed by atoms with E-state index in [1.54, 1.807) is 24.3 Å². The van der Waals surface area contributed by atoms with Crippen LogP contribution in [0.5, 0.6) is 5.75 Å². The molecule has 1 atom stereocenters. The Balaban J connectivity index is 1.38. The average Bonchev–Trinajstić information content (AvgIpc) is 2.83. The lowest BCUT2D eigenvalue weighted by Gasteiger charge is -2.29. The molecule has 38 heavy (non-hydrogen) atoms. The molecular formula is C27H27ClFN5O4. The second-order valence-corrected chi connectivity index (χ2v) is 9.81. The molecule has 1 saturated carbocycles. The summed E-state index contributed by atoms with van der Waals surface area (Å²) < 4.78 is 24.9. The van der Waals surface area contributed by atoms with Gasteiger partial charge >= 0.3 is 5.97 Å². The lowest BCUT2D eigenvalue weighted by Crippen LogP contribution is -2.44. The smallest absolute Gasteiger partial charge is 0.320 e. The minimum absolute atomic E-state index is 0.0137. The van der Waals surface area contributed by atoms with E-state index >= 15 is 0 Å². The number of amides is 1. The molecule has 2 heterocycles. The zero-order valence-electron chi connectivity index (χ0n) is 20.7. The molecule has 0 unspecified atom stereocenters. The van der Waals surface area contributed by atoms with E-state index in [-0.39, 0.29) is 35.7 Å². The van der Waals surface area contributed by atoms with Crippen molar-refractivity contribution >= 4 is 51.6 Å². The number of hydrogen-bond donors (Lipinski definition) is 2. The Labute approximate surface area is 224 Å². The molecule has 0 spiro atoms. The first-order valence-electron chi connectivity index (χ1n) is 12.4. The molecule has 9 nitrogen and oxygen atoms in total. The number of ether oxygens (including phenoxy) is 2. The van der Waals surface area contributed by atoms with Crippen LogP contribution in [0.15, 0.2) is 48.8 Å². The van der Waals surface area contributed by atoms with Gasteiger partial charge in [0.2, 0.25) is 5.91 Å². The molecule has 1 aromatic heterocycles. The summed E-state index contributed by atoms with van der Waals surface area (Å²) in [5.41, 5.74) is 1.64. The molecule has 2 aromatic carbocycles. The van der Waals surface area contributed by atoms with Gasteiger partial charge in [0.05, 0.1) is 28.9 Å². The number of carbonyl (C=O) groups excluding carboxylic acids is 2. The Hall–Kier alpha value is -3.76. The second kappa shape index (κ2) is 11.3. The van der Waals surface area contributed by atoms with Crippen LogP contribution < -0.4 is 15.4 Å². The molecule has 2 fully saturated rings. The first kappa shape index (κ1) is 25.9. The molecule has 11 heteroatoms. The molecule has 198 valence electrons. The normalized spacial score (nSPS) is 18.3. The molecule has 0 bridgehead atoms. The topological polar surface area (TPSA) is 106 Å². The zero-order valence-corrected chi connectivity index (χ0v) is 21.5.